The number of aliphatic carboxylic acids is 1. The summed E-state index contributed by atoms with van der Waals surface area (Å²) in [5.41, 5.74) is -1.58. The number of carboxylic acids is 1. The first-order valence-corrected chi connectivity index (χ1v) is 9.94. The molecule has 1 heterocycles. The lowest BCUT2D eigenvalue weighted by molar-refractivity contribution is -0.147. The van der Waals surface area contributed by atoms with Gasteiger partial charge in [-0.05, 0) is 48.5 Å². The molecule has 9 nitrogen and oxygen atoms in total. The summed E-state index contributed by atoms with van der Waals surface area (Å²) in [7, 11) is -4.05. The summed E-state index contributed by atoms with van der Waals surface area (Å²) in [5, 5.41) is 16.0. The molecule has 0 aromatic heterocycles. The summed E-state index contributed by atoms with van der Waals surface area (Å²) in [6.07, 6.45) is 0.0979. The van der Waals surface area contributed by atoms with E-state index < -0.39 is 27.3 Å². The van der Waals surface area contributed by atoms with Crippen LogP contribution in [0, 0.1) is 5.82 Å². The predicted octanol–water partition coefficient (Wildman–Crippen LogP) is 1.86. The monoisotopic (exact) mass is 428 g/mol. The van der Waals surface area contributed by atoms with E-state index in [1.165, 1.54) is 48.5 Å². The Morgan fingerprint density at radius 2 is 1.52 bits per heavy atom. The third kappa shape index (κ3) is 5.71. The van der Waals surface area contributed by atoms with Crippen LogP contribution in [0.3, 0.4) is 0 Å². The van der Waals surface area contributed by atoms with Crippen LogP contribution >= 0.6 is 0 Å². The average Bonchev–Trinajstić information content (AvgIpc) is 2.72. The van der Waals surface area contributed by atoms with E-state index in [1.54, 1.807) is 0 Å². The minimum atomic E-state index is -4.05. The molecule has 2 aromatic rings. The maximum Gasteiger partial charge on any atom is 0.325 e. The van der Waals surface area contributed by atoms with Gasteiger partial charge >= 0.3 is 5.97 Å². The number of halogens is 1. The highest BCUT2D eigenvalue weighted by Gasteiger charge is 2.43. The normalized spacial score (nSPS) is 15.7. The van der Waals surface area contributed by atoms with E-state index >= 15 is 0 Å². The van der Waals surface area contributed by atoms with Crippen LogP contribution in [0.1, 0.15) is 12.8 Å². The predicted molar refractivity (Wildman–Crippen MR) is 99.6 cm³/mol. The fraction of sp³-hybridized carbons (Fsp3) is 0.278. The first kappa shape index (κ1) is 22.7. The fourth-order valence-corrected chi connectivity index (χ4v) is 4.14. The van der Waals surface area contributed by atoms with E-state index in [1.807, 2.05) is 0 Å². The summed E-state index contributed by atoms with van der Waals surface area (Å²) in [4.78, 5) is 11.6. The van der Waals surface area contributed by atoms with E-state index in [0.717, 1.165) is 0 Å². The van der Waals surface area contributed by atoms with Crippen molar-refractivity contribution in [2.24, 2.45) is 5.90 Å². The van der Waals surface area contributed by atoms with Crippen molar-refractivity contribution in [2.45, 2.75) is 23.3 Å². The molecule has 1 aliphatic heterocycles. The first-order valence-electron chi connectivity index (χ1n) is 8.45. The third-order valence-corrected chi connectivity index (χ3v) is 5.82. The SMILES string of the molecule is NO.O=C(O)C1(NS(=O)(=O)c2ccc(Oc3ccc(F)cc3)cc2)CCOCC1. The van der Waals surface area contributed by atoms with Gasteiger partial charge in [0, 0.05) is 26.1 Å². The molecule has 0 spiro atoms. The molecule has 158 valence electrons. The number of hydrogen-bond donors (Lipinski definition) is 4. The largest absolute Gasteiger partial charge is 0.480 e. The number of carboxylic acid groups (broad SMARTS) is 1. The molecule has 29 heavy (non-hydrogen) atoms. The van der Waals surface area contributed by atoms with Crippen molar-refractivity contribution in [1.29, 1.82) is 0 Å². The van der Waals surface area contributed by atoms with Crippen LogP contribution < -0.4 is 15.4 Å². The molecule has 2 aromatic carbocycles. The fourth-order valence-electron chi connectivity index (χ4n) is 2.72. The van der Waals surface area contributed by atoms with Crippen LogP contribution in [0.5, 0.6) is 11.5 Å². The van der Waals surface area contributed by atoms with Crippen LogP contribution in [0.4, 0.5) is 4.39 Å². The molecule has 0 atom stereocenters. The van der Waals surface area contributed by atoms with Gasteiger partial charge in [0.1, 0.15) is 22.9 Å². The number of benzene rings is 2. The summed E-state index contributed by atoms with van der Waals surface area (Å²) < 4.78 is 51.1. The van der Waals surface area contributed by atoms with Gasteiger partial charge in [-0.1, -0.05) is 0 Å². The first-order chi connectivity index (χ1) is 13.8. The smallest absolute Gasteiger partial charge is 0.325 e. The highest BCUT2D eigenvalue weighted by atomic mass is 32.2. The van der Waals surface area contributed by atoms with Crippen LogP contribution in [0.15, 0.2) is 53.4 Å². The Morgan fingerprint density at radius 3 is 2.00 bits per heavy atom. The van der Waals surface area contributed by atoms with Crippen LogP contribution in [-0.2, 0) is 19.6 Å². The number of ether oxygens (including phenoxy) is 2. The Kier molecular flexibility index (Phi) is 7.65. The average molecular weight is 428 g/mol. The van der Waals surface area contributed by atoms with Crippen molar-refractivity contribution >= 4 is 16.0 Å². The highest BCUT2D eigenvalue weighted by molar-refractivity contribution is 7.89. The molecule has 3 rings (SSSR count). The quantitative estimate of drug-likeness (QED) is 0.510. The van der Waals surface area contributed by atoms with E-state index in [-0.39, 0.29) is 31.0 Å². The van der Waals surface area contributed by atoms with Crippen LogP contribution in [0.2, 0.25) is 0 Å². The summed E-state index contributed by atoms with van der Waals surface area (Å²) in [6.45, 7) is 0.332. The van der Waals surface area contributed by atoms with Gasteiger partial charge in [0.05, 0.1) is 4.90 Å². The second-order valence-electron chi connectivity index (χ2n) is 6.13. The van der Waals surface area contributed by atoms with Crippen molar-refractivity contribution in [3.8, 4) is 11.5 Å². The van der Waals surface area contributed by atoms with Crippen molar-refractivity contribution in [3.63, 3.8) is 0 Å². The third-order valence-electron chi connectivity index (χ3n) is 4.27. The standard InChI is InChI=1S/C18H18FNO6S.H3NO/c19-13-1-3-14(4-2-13)26-15-5-7-16(8-6-15)27(23,24)20-18(17(21)22)9-11-25-12-10-18;1-2/h1-8,20H,9-12H2,(H,21,22);2H,1H2. The van der Waals surface area contributed by atoms with Gasteiger partial charge < -0.3 is 19.8 Å². The molecule has 0 saturated carbocycles. The second kappa shape index (κ2) is 9.76. The molecule has 0 amide bonds. The van der Waals surface area contributed by atoms with Crippen LogP contribution in [0.25, 0.3) is 0 Å². The molecule has 0 radical (unpaired) electrons. The molecule has 0 aliphatic carbocycles. The molecule has 0 bridgehead atoms. The highest BCUT2D eigenvalue weighted by Crippen LogP contribution is 2.26. The summed E-state index contributed by atoms with van der Waals surface area (Å²) in [5.74, 6) is 2.64. The molecule has 1 fully saturated rings. The molecular formula is C18H21FN2O7S. The summed E-state index contributed by atoms with van der Waals surface area (Å²) in [6, 6.07) is 10.9. The van der Waals surface area contributed by atoms with Crippen molar-refractivity contribution < 1.29 is 37.4 Å². The van der Waals surface area contributed by atoms with E-state index in [4.69, 9.17) is 14.7 Å². The van der Waals surface area contributed by atoms with Gasteiger partial charge in [0.25, 0.3) is 0 Å². The minimum absolute atomic E-state index is 0.0489. The maximum atomic E-state index is 12.9. The zero-order valence-electron chi connectivity index (χ0n) is 15.2. The zero-order valence-corrected chi connectivity index (χ0v) is 16.1. The number of nitrogens with one attached hydrogen (secondary N) is 1. The van der Waals surface area contributed by atoms with Gasteiger partial charge in [-0.3, -0.25) is 4.79 Å². The van der Waals surface area contributed by atoms with Gasteiger partial charge in [0.2, 0.25) is 10.0 Å². The van der Waals surface area contributed by atoms with Crippen LogP contribution in [-0.4, -0.2) is 43.5 Å². The number of hydrogen-bond acceptors (Lipinski definition) is 7. The molecule has 1 saturated heterocycles. The maximum absolute atomic E-state index is 12.9. The van der Waals surface area contributed by atoms with Crippen molar-refractivity contribution in [1.82, 2.24) is 4.72 Å². The van der Waals surface area contributed by atoms with E-state index in [2.05, 4.69) is 10.6 Å². The molecule has 0 unspecified atom stereocenters. The molecule has 11 heteroatoms. The number of sulfonamides is 1. The van der Waals surface area contributed by atoms with Crippen molar-refractivity contribution in [3.05, 3.63) is 54.3 Å². The molecular weight excluding hydrogens is 407 g/mol. The Hall–Kier alpha value is -2.57. The van der Waals surface area contributed by atoms with E-state index in [9.17, 15) is 22.7 Å². The summed E-state index contributed by atoms with van der Waals surface area (Å²) >= 11 is 0. The molecule has 1 aliphatic rings. The van der Waals surface area contributed by atoms with Gasteiger partial charge in [-0.15, -0.1) is 0 Å². The molecule has 5 N–H and O–H groups in total. The Morgan fingerprint density at radius 1 is 1.03 bits per heavy atom. The lowest BCUT2D eigenvalue weighted by Crippen LogP contribution is -2.57. The van der Waals surface area contributed by atoms with Crippen molar-refractivity contribution in [2.75, 3.05) is 13.2 Å². The van der Waals surface area contributed by atoms with E-state index in [0.29, 0.717) is 11.5 Å². The Balaban J connectivity index is 0.00000145. The topological polar surface area (TPSA) is 148 Å². The van der Waals surface area contributed by atoms with Gasteiger partial charge in [0.15, 0.2) is 0 Å². The lowest BCUT2D eigenvalue weighted by Gasteiger charge is -2.33. The number of carbonyl (C=O) groups is 1. The minimum Gasteiger partial charge on any atom is -0.480 e. The number of rotatable bonds is 6. The Labute approximate surface area is 166 Å². The van der Waals surface area contributed by atoms with Gasteiger partial charge in [-0.2, -0.15) is 4.72 Å². The lowest BCUT2D eigenvalue weighted by atomic mass is 9.92. The zero-order chi connectivity index (χ0) is 21.5. The number of nitrogens with two attached hydrogens (primary N) is 1. The Bertz CT molecular complexity index is 912. The van der Waals surface area contributed by atoms with Gasteiger partial charge in [-0.25, -0.2) is 18.7 Å². The second-order valence-corrected chi connectivity index (χ2v) is 7.81.